The highest BCUT2D eigenvalue weighted by Crippen LogP contribution is 2.25. The lowest BCUT2D eigenvalue weighted by Crippen LogP contribution is -2.37. The van der Waals surface area contributed by atoms with E-state index in [9.17, 15) is 9.59 Å². The Kier molecular flexibility index (Phi) is 4.56. The number of halogens is 1. The van der Waals surface area contributed by atoms with Gasteiger partial charge in [-0.1, -0.05) is 11.6 Å². The van der Waals surface area contributed by atoms with Crippen LogP contribution in [-0.4, -0.2) is 43.2 Å². The van der Waals surface area contributed by atoms with Crippen molar-refractivity contribution < 1.29 is 14.3 Å². The summed E-state index contributed by atoms with van der Waals surface area (Å²) in [6.07, 6.45) is 1.08. The zero-order valence-corrected chi connectivity index (χ0v) is 11.6. The predicted octanol–water partition coefficient (Wildman–Crippen LogP) is 2.20. The molecule has 1 heterocycles. The first kappa shape index (κ1) is 14.0. The van der Waals surface area contributed by atoms with Crippen LogP contribution in [-0.2, 0) is 4.79 Å². The van der Waals surface area contributed by atoms with Gasteiger partial charge in [-0.25, -0.2) is 0 Å². The van der Waals surface area contributed by atoms with Crippen LogP contribution < -0.4 is 4.74 Å². The predicted molar refractivity (Wildman–Crippen MR) is 73.0 cm³/mol. The maximum atomic E-state index is 12.1. The highest BCUT2D eigenvalue weighted by Gasteiger charge is 2.19. The van der Waals surface area contributed by atoms with Crippen molar-refractivity contribution in [1.29, 1.82) is 0 Å². The van der Waals surface area contributed by atoms with E-state index in [1.54, 1.807) is 18.2 Å². The summed E-state index contributed by atoms with van der Waals surface area (Å²) in [5.74, 6) is 0.844. The third-order valence-electron chi connectivity index (χ3n) is 3.25. The molecule has 2 rings (SSSR count). The minimum absolute atomic E-state index is 0.0129. The maximum Gasteiger partial charge on any atom is 0.176 e. The summed E-state index contributed by atoms with van der Waals surface area (Å²) in [5, 5.41) is 0.433. The van der Waals surface area contributed by atoms with E-state index in [2.05, 4.69) is 0 Å². The SMILES string of the molecule is COc1ccc(C(=O)CN2CCC(=O)CC2)cc1Cl. The number of ether oxygens (including phenoxy) is 1. The maximum absolute atomic E-state index is 12.1. The molecular formula is C14H16ClNO3. The molecule has 1 aromatic rings. The molecular weight excluding hydrogens is 266 g/mol. The molecule has 1 aliphatic heterocycles. The Labute approximate surface area is 117 Å². The molecule has 0 N–H and O–H groups in total. The average molecular weight is 282 g/mol. The molecule has 1 aliphatic rings. The second-order valence-corrected chi connectivity index (χ2v) is 4.99. The third-order valence-corrected chi connectivity index (χ3v) is 3.55. The summed E-state index contributed by atoms with van der Waals surface area (Å²) in [7, 11) is 1.54. The normalized spacial score (nSPS) is 16.4. The van der Waals surface area contributed by atoms with Crippen LogP contribution in [0.25, 0.3) is 0 Å². The summed E-state index contributed by atoms with van der Waals surface area (Å²) in [4.78, 5) is 25.3. The first-order chi connectivity index (χ1) is 9.10. The number of likely N-dealkylation sites (tertiary alicyclic amines) is 1. The molecule has 102 valence electrons. The first-order valence-corrected chi connectivity index (χ1v) is 6.58. The molecule has 0 aliphatic carbocycles. The van der Waals surface area contributed by atoms with Crippen molar-refractivity contribution in [3.05, 3.63) is 28.8 Å². The largest absolute Gasteiger partial charge is 0.495 e. The molecule has 1 aromatic carbocycles. The van der Waals surface area contributed by atoms with Gasteiger partial charge < -0.3 is 4.74 Å². The molecule has 0 atom stereocenters. The number of hydrogen-bond acceptors (Lipinski definition) is 4. The molecule has 5 heteroatoms. The number of piperidine rings is 1. The van der Waals surface area contributed by atoms with Crippen molar-refractivity contribution in [2.45, 2.75) is 12.8 Å². The summed E-state index contributed by atoms with van der Waals surface area (Å²) < 4.78 is 5.05. The van der Waals surface area contributed by atoms with Gasteiger partial charge in [0.25, 0.3) is 0 Å². The molecule has 0 aromatic heterocycles. The molecule has 19 heavy (non-hydrogen) atoms. The molecule has 0 unspecified atom stereocenters. The van der Waals surface area contributed by atoms with Crippen molar-refractivity contribution in [1.82, 2.24) is 4.90 Å². The van der Waals surface area contributed by atoms with E-state index >= 15 is 0 Å². The van der Waals surface area contributed by atoms with Gasteiger partial charge >= 0.3 is 0 Å². The number of ketones is 2. The molecule has 0 spiro atoms. The number of benzene rings is 1. The zero-order chi connectivity index (χ0) is 13.8. The van der Waals surface area contributed by atoms with Gasteiger partial charge in [0.1, 0.15) is 11.5 Å². The second kappa shape index (κ2) is 6.17. The fraction of sp³-hybridized carbons (Fsp3) is 0.429. The highest BCUT2D eigenvalue weighted by atomic mass is 35.5. The minimum atomic E-state index is 0.0129. The first-order valence-electron chi connectivity index (χ1n) is 6.21. The molecule has 0 bridgehead atoms. The number of Topliss-reactive ketones (excluding diaryl/α,β-unsaturated/α-hetero) is 2. The number of hydrogen-bond donors (Lipinski definition) is 0. The Morgan fingerprint density at radius 3 is 2.63 bits per heavy atom. The summed E-state index contributed by atoms with van der Waals surface area (Å²) in [6, 6.07) is 5.02. The third kappa shape index (κ3) is 3.55. The van der Waals surface area contributed by atoms with Crippen molar-refractivity contribution in [3.8, 4) is 5.75 Å². The Balaban J connectivity index is 2.00. The lowest BCUT2D eigenvalue weighted by molar-refractivity contribution is -0.121. The molecule has 0 radical (unpaired) electrons. The monoisotopic (exact) mass is 281 g/mol. The van der Waals surface area contributed by atoms with Gasteiger partial charge in [0.2, 0.25) is 0 Å². The molecule has 0 amide bonds. The topological polar surface area (TPSA) is 46.6 Å². The lowest BCUT2D eigenvalue weighted by atomic mass is 10.1. The molecule has 4 nitrogen and oxygen atoms in total. The standard InChI is InChI=1S/C14H16ClNO3/c1-19-14-3-2-10(8-12(14)15)13(18)9-16-6-4-11(17)5-7-16/h2-3,8H,4-7,9H2,1H3. The van der Waals surface area contributed by atoms with Gasteiger partial charge in [-0.2, -0.15) is 0 Å². The Morgan fingerprint density at radius 2 is 2.05 bits per heavy atom. The van der Waals surface area contributed by atoms with E-state index in [1.165, 1.54) is 7.11 Å². The fourth-order valence-corrected chi connectivity index (χ4v) is 2.35. The van der Waals surface area contributed by atoms with Gasteiger partial charge in [0, 0.05) is 31.5 Å². The summed E-state index contributed by atoms with van der Waals surface area (Å²) >= 11 is 6.00. The van der Waals surface area contributed by atoms with Crippen LogP contribution in [0.15, 0.2) is 18.2 Å². The second-order valence-electron chi connectivity index (χ2n) is 4.59. The number of rotatable bonds is 4. The lowest BCUT2D eigenvalue weighted by Gasteiger charge is -2.24. The van der Waals surface area contributed by atoms with Gasteiger partial charge in [-0.3, -0.25) is 14.5 Å². The van der Waals surface area contributed by atoms with E-state index in [0.29, 0.717) is 48.8 Å². The van der Waals surface area contributed by atoms with Gasteiger partial charge in [0.15, 0.2) is 5.78 Å². The minimum Gasteiger partial charge on any atom is -0.495 e. The number of methoxy groups -OCH3 is 1. The summed E-state index contributed by atoms with van der Waals surface area (Å²) in [6.45, 7) is 1.65. The number of carbonyl (C=O) groups is 2. The Bertz CT molecular complexity index is 491. The molecule has 1 fully saturated rings. The van der Waals surface area contributed by atoms with Crippen LogP contribution in [0.3, 0.4) is 0 Å². The van der Waals surface area contributed by atoms with Gasteiger partial charge in [0.05, 0.1) is 18.7 Å². The van der Waals surface area contributed by atoms with Crippen LogP contribution in [0, 0.1) is 0 Å². The van der Waals surface area contributed by atoms with Crippen molar-refractivity contribution >= 4 is 23.2 Å². The van der Waals surface area contributed by atoms with Crippen LogP contribution in [0.5, 0.6) is 5.75 Å². The van der Waals surface area contributed by atoms with Crippen molar-refractivity contribution in [2.24, 2.45) is 0 Å². The van der Waals surface area contributed by atoms with Gasteiger partial charge in [-0.15, -0.1) is 0 Å². The van der Waals surface area contributed by atoms with E-state index in [1.807, 2.05) is 4.90 Å². The summed E-state index contributed by atoms with van der Waals surface area (Å²) in [5.41, 5.74) is 0.572. The highest BCUT2D eigenvalue weighted by molar-refractivity contribution is 6.32. The van der Waals surface area contributed by atoms with Crippen LogP contribution in [0.2, 0.25) is 5.02 Å². The number of carbonyl (C=O) groups excluding carboxylic acids is 2. The molecule has 0 saturated carbocycles. The Morgan fingerprint density at radius 1 is 1.37 bits per heavy atom. The van der Waals surface area contributed by atoms with Crippen LogP contribution in [0.4, 0.5) is 0 Å². The number of nitrogens with zero attached hydrogens (tertiary/aromatic N) is 1. The zero-order valence-electron chi connectivity index (χ0n) is 10.8. The van der Waals surface area contributed by atoms with E-state index in [4.69, 9.17) is 16.3 Å². The smallest absolute Gasteiger partial charge is 0.176 e. The van der Waals surface area contributed by atoms with E-state index < -0.39 is 0 Å². The fourth-order valence-electron chi connectivity index (χ4n) is 2.09. The van der Waals surface area contributed by atoms with Gasteiger partial charge in [-0.05, 0) is 18.2 Å². The Hall–Kier alpha value is -1.39. The van der Waals surface area contributed by atoms with Crippen molar-refractivity contribution in [3.63, 3.8) is 0 Å². The van der Waals surface area contributed by atoms with Crippen molar-refractivity contribution in [2.75, 3.05) is 26.7 Å². The molecule has 1 saturated heterocycles. The van der Waals surface area contributed by atoms with E-state index in [0.717, 1.165) is 0 Å². The quantitative estimate of drug-likeness (QED) is 0.794. The van der Waals surface area contributed by atoms with E-state index in [-0.39, 0.29) is 11.6 Å². The van der Waals surface area contributed by atoms with Crippen LogP contribution >= 0.6 is 11.6 Å². The van der Waals surface area contributed by atoms with Crippen LogP contribution in [0.1, 0.15) is 23.2 Å². The average Bonchev–Trinajstić information content (AvgIpc) is 2.41.